The largest absolute Gasteiger partial charge is 0.286 e. The average Bonchev–Trinajstić information content (AvgIpc) is 3.23. The zero-order valence-electron chi connectivity index (χ0n) is 11.2. The number of hydrogen-bond donors (Lipinski definition) is 2. The van der Waals surface area contributed by atoms with Crippen LogP contribution in [0.2, 0.25) is 0 Å². The van der Waals surface area contributed by atoms with Crippen LogP contribution in [-0.4, -0.2) is 5.92 Å². The number of benzene rings is 1. The Kier molecular flexibility index (Phi) is 4.03. The fourth-order valence-electron chi connectivity index (χ4n) is 2.26. The van der Waals surface area contributed by atoms with Gasteiger partial charge in [-0.25, -0.2) is 4.39 Å². The fraction of sp³-hybridized carbons (Fsp3) is 0.312. The summed E-state index contributed by atoms with van der Waals surface area (Å²) in [7, 11) is 0. The van der Waals surface area contributed by atoms with E-state index in [4.69, 9.17) is 16.7 Å². The maximum absolute atomic E-state index is 14.1. The molecular formula is C16H18FN3. The first-order valence-corrected chi connectivity index (χ1v) is 6.56. The van der Waals surface area contributed by atoms with Crippen molar-refractivity contribution >= 4 is 0 Å². The molecule has 0 aliphatic heterocycles. The van der Waals surface area contributed by atoms with Crippen LogP contribution in [0.1, 0.15) is 24.3 Å². The van der Waals surface area contributed by atoms with E-state index in [0.29, 0.717) is 11.1 Å². The zero-order chi connectivity index (χ0) is 14.8. The molecule has 104 valence electrons. The molecule has 0 heterocycles. The van der Waals surface area contributed by atoms with E-state index in [9.17, 15) is 4.39 Å². The first-order chi connectivity index (χ1) is 9.43. The summed E-state index contributed by atoms with van der Waals surface area (Å²) in [5.41, 5.74) is 12.8. The number of nitrogens with two attached hydrogens (primary N) is 2. The molecule has 1 aromatic carbocycles. The summed E-state index contributed by atoms with van der Waals surface area (Å²) in [6, 6.07) is 11.0. The minimum atomic E-state index is -2.38. The lowest BCUT2D eigenvalue weighted by Gasteiger charge is -2.25. The molecule has 20 heavy (non-hydrogen) atoms. The molecular weight excluding hydrogens is 253 g/mol. The Hall–Kier alpha value is -1.96. The van der Waals surface area contributed by atoms with Gasteiger partial charge in [0.2, 0.25) is 5.92 Å². The van der Waals surface area contributed by atoms with Gasteiger partial charge in [0.05, 0.1) is 12.0 Å². The SMILES string of the molecule is C=C(C#N)/C(=C\C(c1ccccc1)C(N)(N)F)C1CC1. The van der Waals surface area contributed by atoms with Gasteiger partial charge >= 0.3 is 0 Å². The molecule has 0 radical (unpaired) electrons. The van der Waals surface area contributed by atoms with Gasteiger partial charge in [-0.15, -0.1) is 0 Å². The number of alkyl halides is 1. The van der Waals surface area contributed by atoms with Gasteiger partial charge in [-0.3, -0.25) is 11.5 Å². The molecule has 0 spiro atoms. The Balaban J connectivity index is 2.42. The quantitative estimate of drug-likeness (QED) is 0.374. The highest BCUT2D eigenvalue weighted by Crippen LogP contribution is 2.41. The van der Waals surface area contributed by atoms with Crippen LogP contribution in [-0.2, 0) is 0 Å². The standard InChI is InChI=1S/C16H18FN3/c1-11(10-18)14(12-7-8-12)9-15(16(17,19)20)13-5-3-2-4-6-13/h2-6,9,12,15H,1,7-8,19-20H2/b14-9+. The van der Waals surface area contributed by atoms with Gasteiger partial charge in [0.25, 0.3) is 0 Å². The second kappa shape index (κ2) is 5.58. The summed E-state index contributed by atoms with van der Waals surface area (Å²) in [6.45, 7) is 3.73. The smallest absolute Gasteiger partial charge is 0.221 e. The minimum absolute atomic E-state index is 0.274. The number of rotatable bonds is 5. The van der Waals surface area contributed by atoms with Crippen molar-refractivity contribution in [2.24, 2.45) is 17.4 Å². The first kappa shape index (κ1) is 14.4. The summed E-state index contributed by atoms with van der Waals surface area (Å²) in [5, 5.41) is 9.02. The summed E-state index contributed by atoms with van der Waals surface area (Å²) in [4.78, 5) is 0. The van der Waals surface area contributed by atoms with Crippen molar-refractivity contribution in [3.63, 3.8) is 0 Å². The molecule has 0 amide bonds. The van der Waals surface area contributed by atoms with Crippen LogP contribution in [0.5, 0.6) is 0 Å². The van der Waals surface area contributed by atoms with E-state index < -0.39 is 11.8 Å². The fourth-order valence-corrected chi connectivity index (χ4v) is 2.26. The lowest BCUT2D eigenvalue weighted by atomic mass is 9.89. The lowest BCUT2D eigenvalue weighted by molar-refractivity contribution is 0.160. The molecule has 4 N–H and O–H groups in total. The highest BCUT2D eigenvalue weighted by molar-refractivity contribution is 5.45. The monoisotopic (exact) mass is 271 g/mol. The van der Waals surface area contributed by atoms with E-state index in [1.807, 2.05) is 12.1 Å². The third-order valence-electron chi connectivity index (χ3n) is 3.48. The van der Waals surface area contributed by atoms with Crippen LogP contribution in [0.3, 0.4) is 0 Å². The summed E-state index contributed by atoms with van der Waals surface area (Å²) >= 11 is 0. The molecule has 2 rings (SSSR count). The van der Waals surface area contributed by atoms with Crippen molar-refractivity contribution in [1.82, 2.24) is 0 Å². The second-order valence-electron chi connectivity index (χ2n) is 5.20. The van der Waals surface area contributed by atoms with Gasteiger partial charge in [-0.2, -0.15) is 5.26 Å². The maximum atomic E-state index is 14.1. The van der Waals surface area contributed by atoms with Gasteiger partial charge < -0.3 is 0 Å². The van der Waals surface area contributed by atoms with Crippen LogP contribution in [0.15, 0.2) is 54.1 Å². The van der Waals surface area contributed by atoms with E-state index in [0.717, 1.165) is 18.4 Å². The van der Waals surface area contributed by atoms with Crippen LogP contribution in [0.4, 0.5) is 4.39 Å². The van der Waals surface area contributed by atoms with E-state index in [-0.39, 0.29) is 5.92 Å². The molecule has 1 unspecified atom stereocenters. The second-order valence-corrected chi connectivity index (χ2v) is 5.20. The molecule has 0 saturated heterocycles. The molecule has 1 saturated carbocycles. The van der Waals surface area contributed by atoms with E-state index in [2.05, 4.69) is 6.58 Å². The molecule has 0 bridgehead atoms. The average molecular weight is 271 g/mol. The number of hydrogen-bond acceptors (Lipinski definition) is 3. The first-order valence-electron chi connectivity index (χ1n) is 6.56. The van der Waals surface area contributed by atoms with Crippen molar-refractivity contribution in [3.8, 4) is 6.07 Å². The Morgan fingerprint density at radius 1 is 1.40 bits per heavy atom. The number of halogens is 1. The van der Waals surface area contributed by atoms with E-state index in [1.165, 1.54) is 0 Å². The topological polar surface area (TPSA) is 75.8 Å². The van der Waals surface area contributed by atoms with Crippen LogP contribution in [0, 0.1) is 17.2 Å². The normalized spacial score (nSPS) is 17.4. The van der Waals surface area contributed by atoms with Gasteiger partial charge in [0.15, 0.2) is 0 Å². The van der Waals surface area contributed by atoms with Crippen molar-refractivity contribution in [2.45, 2.75) is 24.7 Å². The maximum Gasteiger partial charge on any atom is 0.221 e. The third kappa shape index (κ3) is 3.32. The summed E-state index contributed by atoms with van der Waals surface area (Å²) < 4.78 is 14.1. The molecule has 0 aromatic heterocycles. The molecule has 1 aliphatic rings. The molecule has 3 nitrogen and oxygen atoms in total. The third-order valence-corrected chi connectivity index (χ3v) is 3.48. The van der Waals surface area contributed by atoms with Crippen molar-refractivity contribution in [2.75, 3.05) is 0 Å². The van der Waals surface area contributed by atoms with E-state index in [1.54, 1.807) is 30.3 Å². The van der Waals surface area contributed by atoms with Gasteiger partial charge in [-0.05, 0) is 29.9 Å². The van der Waals surface area contributed by atoms with Crippen molar-refractivity contribution in [1.29, 1.82) is 5.26 Å². The molecule has 1 atom stereocenters. The van der Waals surface area contributed by atoms with Crippen LogP contribution in [0.25, 0.3) is 0 Å². The summed E-state index contributed by atoms with van der Waals surface area (Å²) in [6.07, 6.45) is 3.64. The number of allylic oxidation sites excluding steroid dienone is 2. The van der Waals surface area contributed by atoms with Crippen LogP contribution < -0.4 is 11.5 Å². The highest BCUT2D eigenvalue weighted by Gasteiger charge is 2.34. The van der Waals surface area contributed by atoms with Crippen LogP contribution >= 0.6 is 0 Å². The van der Waals surface area contributed by atoms with Crippen molar-refractivity contribution in [3.05, 3.63) is 59.7 Å². The molecule has 4 heteroatoms. The predicted octanol–water partition coefficient (Wildman–Crippen LogP) is 2.73. The highest BCUT2D eigenvalue weighted by atomic mass is 19.1. The Morgan fingerprint density at radius 3 is 2.45 bits per heavy atom. The van der Waals surface area contributed by atoms with Gasteiger partial charge in [-0.1, -0.05) is 43.0 Å². The molecule has 1 aromatic rings. The minimum Gasteiger partial charge on any atom is -0.286 e. The Labute approximate surface area is 118 Å². The summed E-state index contributed by atoms with van der Waals surface area (Å²) in [5.74, 6) is -2.91. The van der Waals surface area contributed by atoms with Gasteiger partial charge in [0.1, 0.15) is 0 Å². The Bertz CT molecular complexity index is 560. The number of nitrogens with zero attached hydrogens (tertiary/aromatic N) is 1. The van der Waals surface area contributed by atoms with Crippen molar-refractivity contribution < 1.29 is 4.39 Å². The van der Waals surface area contributed by atoms with E-state index >= 15 is 0 Å². The molecule has 1 aliphatic carbocycles. The Morgan fingerprint density at radius 2 is 2.00 bits per heavy atom. The van der Waals surface area contributed by atoms with Gasteiger partial charge in [0, 0.05) is 5.57 Å². The number of nitriles is 1. The molecule has 1 fully saturated rings. The zero-order valence-corrected chi connectivity index (χ0v) is 11.2. The lowest BCUT2D eigenvalue weighted by Crippen LogP contribution is -2.49. The predicted molar refractivity (Wildman–Crippen MR) is 77.0 cm³/mol.